The molecule has 2 aromatic rings. The van der Waals surface area contributed by atoms with Crippen molar-refractivity contribution < 1.29 is 0 Å². The van der Waals surface area contributed by atoms with Crippen molar-refractivity contribution in [1.29, 1.82) is 5.26 Å². The summed E-state index contributed by atoms with van der Waals surface area (Å²) in [5.41, 5.74) is 1.07. The molecular weight excluding hydrogens is 226 g/mol. The molecule has 80 valence electrons. The molecule has 0 radical (unpaired) electrons. The molecule has 0 amide bonds. The largest absolute Gasteiger partial charge is 0.349 e. The third-order valence-corrected chi connectivity index (χ3v) is 2.50. The van der Waals surface area contributed by atoms with Crippen LogP contribution in [0.2, 0.25) is 0 Å². The maximum Gasteiger partial charge on any atom is 0.304 e. The minimum Gasteiger partial charge on any atom is -0.349 e. The molecule has 0 aliphatic carbocycles. The van der Waals surface area contributed by atoms with E-state index < -0.39 is 0 Å². The average molecular weight is 233 g/mol. The summed E-state index contributed by atoms with van der Waals surface area (Å²) in [6, 6.07) is 3.45. The van der Waals surface area contributed by atoms with E-state index in [4.69, 9.17) is 5.26 Å². The molecule has 0 aromatic carbocycles. The molecule has 0 saturated heterocycles. The van der Waals surface area contributed by atoms with E-state index in [0.717, 1.165) is 17.0 Å². The fraction of sp³-hybridized carbons (Fsp3) is 0.111. The highest BCUT2D eigenvalue weighted by Gasteiger charge is 2.00. The van der Waals surface area contributed by atoms with Crippen LogP contribution in [0.15, 0.2) is 22.4 Å². The van der Waals surface area contributed by atoms with E-state index in [1.54, 1.807) is 5.38 Å². The Labute approximate surface area is 94.6 Å². The number of aromatic nitrogens is 3. The van der Waals surface area contributed by atoms with Crippen LogP contribution in [0.5, 0.6) is 0 Å². The van der Waals surface area contributed by atoms with Gasteiger partial charge in [0.15, 0.2) is 0 Å². The third-order valence-electron chi connectivity index (χ3n) is 1.78. The normalized spacial score (nSPS) is 9.69. The van der Waals surface area contributed by atoms with Gasteiger partial charge in [0.25, 0.3) is 0 Å². The lowest BCUT2D eigenvalue weighted by atomic mass is 10.4. The van der Waals surface area contributed by atoms with Gasteiger partial charge in [0.05, 0.1) is 6.54 Å². The summed E-state index contributed by atoms with van der Waals surface area (Å²) in [5, 5.41) is 13.3. The summed E-state index contributed by atoms with van der Waals surface area (Å²) >= 11 is 1.10. The molecule has 0 unspecified atom stereocenters. The molecule has 7 heteroatoms. The van der Waals surface area contributed by atoms with Gasteiger partial charge in [-0.3, -0.25) is 4.79 Å². The van der Waals surface area contributed by atoms with E-state index in [2.05, 4.69) is 20.3 Å². The van der Waals surface area contributed by atoms with Crippen LogP contribution in [0.4, 0.5) is 5.95 Å². The lowest BCUT2D eigenvalue weighted by Gasteiger charge is -2.01. The average Bonchev–Trinajstić information content (AvgIpc) is 2.73. The predicted molar refractivity (Wildman–Crippen MR) is 59.0 cm³/mol. The second-order valence-corrected chi connectivity index (χ2v) is 3.75. The lowest BCUT2D eigenvalue weighted by Crippen LogP contribution is -2.06. The molecule has 0 aliphatic rings. The maximum absolute atomic E-state index is 10.9. The maximum atomic E-state index is 10.9. The summed E-state index contributed by atoms with van der Waals surface area (Å²) in [6.07, 6.45) is 1.50. The fourth-order valence-corrected chi connectivity index (χ4v) is 1.66. The standard InChI is InChI=1S/C9H7N5OS/c10-3-6-1-2-11-8(13-6)12-4-7-5-16-9(15)14-7/h1-2,5H,4H2,(H,14,15)(H,11,12,13). The molecule has 16 heavy (non-hydrogen) atoms. The summed E-state index contributed by atoms with van der Waals surface area (Å²) in [4.78, 5) is 21.3. The lowest BCUT2D eigenvalue weighted by molar-refractivity contribution is 1.00. The molecule has 0 bridgehead atoms. The van der Waals surface area contributed by atoms with Crippen LogP contribution < -0.4 is 10.2 Å². The van der Waals surface area contributed by atoms with Gasteiger partial charge in [-0.1, -0.05) is 11.3 Å². The van der Waals surface area contributed by atoms with Crippen LogP contribution in [-0.4, -0.2) is 15.0 Å². The first-order chi connectivity index (χ1) is 7.78. The van der Waals surface area contributed by atoms with E-state index in [1.807, 2.05) is 6.07 Å². The Balaban J connectivity index is 2.05. The van der Waals surface area contributed by atoms with E-state index in [1.165, 1.54) is 12.3 Å². The van der Waals surface area contributed by atoms with Crippen LogP contribution in [0.25, 0.3) is 0 Å². The van der Waals surface area contributed by atoms with Crippen molar-refractivity contribution in [2.24, 2.45) is 0 Å². The molecule has 6 nitrogen and oxygen atoms in total. The molecule has 2 N–H and O–H groups in total. The highest BCUT2D eigenvalue weighted by molar-refractivity contribution is 7.07. The monoisotopic (exact) mass is 233 g/mol. The zero-order valence-electron chi connectivity index (χ0n) is 8.10. The molecule has 2 heterocycles. The fourth-order valence-electron chi connectivity index (χ4n) is 1.08. The highest BCUT2D eigenvalue weighted by atomic mass is 32.1. The number of H-pyrrole nitrogens is 1. The van der Waals surface area contributed by atoms with E-state index in [9.17, 15) is 4.79 Å². The quantitative estimate of drug-likeness (QED) is 0.814. The number of nitrogens with zero attached hydrogens (tertiary/aromatic N) is 3. The van der Waals surface area contributed by atoms with Crippen LogP contribution in [-0.2, 0) is 6.54 Å². The van der Waals surface area contributed by atoms with Crippen LogP contribution in [0.3, 0.4) is 0 Å². The van der Waals surface area contributed by atoms with E-state index in [-0.39, 0.29) is 4.87 Å². The zero-order chi connectivity index (χ0) is 11.4. The molecular formula is C9H7N5OS. The van der Waals surface area contributed by atoms with Crippen LogP contribution >= 0.6 is 11.3 Å². The first-order valence-corrected chi connectivity index (χ1v) is 5.29. The van der Waals surface area contributed by atoms with Crippen LogP contribution in [0.1, 0.15) is 11.4 Å². The zero-order valence-corrected chi connectivity index (χ0v) is 8.91. The number of nitrogens with one attached hydrogen (secondary N) is 2. The Kier molecular flexibility index (Phi) is 2.93. The Morgan fingerprint density at radius 2 is 2.50 bits per heavy atom. The van der Waals surface area contributed by atoms with Crippen molar-refractivity contribution in [3.05, 3.63) is 38.7 Å². The van der Waals surface area contributed by atoms with Crippen molar-refractivity contribution in [3.8, 4) is 6.07 Å². The van der Waals surface area contributed by atoms with E-state index >= 15 is 0 Å². The van der Waals surface area contributed by atoms with Gasteiger partial charge in [-0.2, -0.15) is 5.26 Å². The summed E-state index contributed by atoms with van der Waals surface area (Å²) < 4.78 is 0. The van der Waals surface area contributed by atoms with Crippen molar-refractivity contribution in [2.45, 2.75) is 6.54 Å². The van der Waals surface area contributed by atoms with Crippen molar-refractivity contribution in [2.75, 3.05) is 5.32 Å². The van der Waals surface area contributed by atoms with Gasteiger partial charge in [-0.05, 0) is 6.07 Å². The number of anilines is 1. The van der Waals surface area contributed by atoms with Gasteiger partial charge in [-0.25, -0.2) is 9.97 Å². The molecule has 0 spiro atoms. The van der Waals surface area contributed by atoms with Crippen molar-refractivity contribution in [1.82, 2.24) is 15.0 Å². The van der Waals surface area contributed by atoms with Gasteiger partial charge < -0.3 is 10.3 Å². The Hall–Kier alpha value is -2.20. The Morgan fingerprint density at radius 1 is 1.62 bits per heavy atom. The first kappa shape index (κ1) is 10.3. The minimum absolute atomic E-state index is 0.0940. The number of nitriles is 1. The van der Waals surface area contributed by atoms with Crippen LogP contribution in [0, 0.1) is 11.3 Å². The number of hydrogen-bond donors (Lipinski definition) is 2. The number of aromatic amines is 1. The third kappa shape index (κ3) is 2.43. The predicted octanol–water partition coefficient (Wildman–Crippen LogP) is 0.710. The van der Waals surface area contributed by atoms with Crippen molar-refractivity contribution >= 4 is 17.3 Å². The van der Waals surface area contributed by atoms with Gasteiger partial charge in [0, 0.05) is 17.3 Å². The molecule has 2 rings (SSSR count). The molecule has 0 aliphatic heterocycles. The molecule has 0 atom stereocenters. The molecule has 0 fully saturated rings. The molecule has 2 aromatic heterocycles. The SMILES string of the molecule is N#Cc1ccnc(NCc2csc(=O)[nH]2)n1. The topological polar surface area (TPSA) is 94.5 Å². The van der Waals surface area contributed by atoms with Crippen molar-refractivity contribution in [3.63, 3.8) is 0 Å². The first-order valence-electron chi connectivity index (χ1n) is 4.41. The summed E-state index contributed by atoms with van der Waals surface area (Å²) in [6.45, 7) is 0.424. The smallest absolute Gasteiger partial charge is 0.304 e. The van der Waals surface area contributed by atoms with E-state index in [0.29, 0.717) is 18.2 Å². The minimum atomic E-state index is -0.0940. The van der Waals surface area contributed by atoms with Gasteiger partial charge in [-0.15, -0.1) is 0 Å². The highest BCUT2D eigenvalue weighted by Crippen LogP contribution is 2.02. The van der Waals surface area contributed by atoms with Gasteiger partial charge in [0.1, 0.15) is 11.8 Å². The number of hydrogen-bond acceptors (Lipinski definition) is 6. The second kappa shape index (κ2) is 4.55. The number of thiazole rings is 1. The summed E-state index contributed by atoms with van der Waals surface area (Å²) in [5.74, 6) is 0.367. The molecule has 0 saturated carbocycles. The number of rotatable bonds is 3. The Morgan fingerprint density at radius 3 is 3.19 bits per heavy atom. The Bertz CT molecular complexity index is 582. The second-order valence-electron chi connectivity index (χ2n) is 2.90. The summed E-state index contributed by atoms with van der Waals surface area (Å²) in [7, 11) is 0. The van der Waals surface area contributed by atoms with Gasteiger partial charge in [0.2, 0.25) is 5.95 Å². The van der Waals surface area contributed by atoms with Gasteiger partial charge >= 0.3 is 4.87 Å².